The van der Waals surface area contributed by atoms with E-state index in [-0.39, 0.29) is 0 Å². The van der Waals surface area contributed by atoms with Gasteiger partial charge in [-0.3, -0.25) is 0 Å². The zero-order valence-electron chi connectivity index (χ0n) is 10.6. The quantitative estimate of drug-likeness (QED) is 0.848. The molecule has 0 unspecified atom stereocenters. The summed E-state index contributed by atoms with van der Waals surface area (Å²) >= 11 is 7.49. The molecular weight excluding hydrogens is 282 g/mol. The van der Waals surface area contributed by atoms with Gasteiger partial charge >= 0.3 is 0 Å². The van der Waals surface area contributed by atoms with Crippen LogP contribution in [0.5, 0.6) is 0 Å². The van der Waals surface area contributed by atoms with Gasteiger partial charge in [0.05, 0.1) is 9.90 Å². The maximum absolute atomic E-state index is 5.94. The molecular formula is C12H14ClN5S. The van der Waals surface area contributed by atoms with Crippen LogP contribution in [0.25, 0.3) is 10.7 Å². The van der Waals surface area contributed by atoms with E-state index in [1.807, 2.05) is 11.4 Å². The molecule has 0 N–H and O–H groups in total. The van der Waals surface area contributed by atoms with Crippen LogP contribution in [0, 0.1) is 0 Å². The molecule has 2 aromatic heterocycles. The molecule has 5 nitrogen and oxygen atoms in total. The normalized spacial score (nSPS) is 16.8. The number of hydrogen-bond acceptors (Lipinski definition) is 6. The standard InChI is InChI=1S/C12H14ClN5S/c1-17-2-4-18(5-3-17)12-15-8-14-11(16-12)10-6-9(13)7-19-10/h6-8H,2-5H2,1H3. The Morgan fingerprint density at radius 2 is 2.00 bits per heavy atom. The summed E-state index contributed by atoms with van der Waals surface area (Å²) in [6.07, 6.45) is 1.57. The van der Waals surface area contributed by atoms with Crippen LogP contribution in [0.1, 0.15) is 0 Å². The lowest BCUT2D eigenvalue weighted by Crippen LogP contribution is -2.45. The van der Waals surface area contributed by atoms with Crippen molar-refractivity contribution in [3.63, 3.8) is 0 Å². The molecule has 1 aliphatic heterocycles. The van der Waals surface area contributed by atoms with Crippen molar-refractivity contribution >= 4 is 28.9 Å². The first-order valence-electron chi connectivity index (χ1n) is 6.09. The molecule has 0 atom stereocenters. The minimum Gasteiger partial charge on any atom is -0.338 e. The topological polar surface area (TPSA) is 45.2 Å². The third kappa shape index (κ3) is 2.86. The predicted octanol–water partition coefficient (Wildman–Crippen LogP) is 2.01. The van der Waals surface area contributed by atoms with Crippen LogP contribution in [0.4, 0.5) is 5.95 Å². The Balaban J connectivity index is 1.84. The first-order chi connectivity index (χ1) is 9.22. The van der Waals surface area contributed by atoms with Gasteiger partial charge in [-0.1, -0.05) is 11.6 Å². The molecule has 100 valence electrons. The first kappa shape index (κ1) is 12.8. The van der Waals surface area contributed by atoms with E-state index in [1.54, 1.807) is 17.7 Å². The second-order valence-electron chi connectivity index (χ2n) is 4.53. The molecule has 1 aliphatic rings. The molecule has 0 saturated carbocycles. The van der Waals surface area contributed by atoms with Crippen LogP contribution in [-0.4, -0.2) is 53.1 Å². The average molecular weight is 296 g/mol. The summed E-state index contributed by atoms with van der Waals surface area (Å²) in [5.74, 6) is 1.45. The Kier molecular flexibility index (Phi) is 3.63. The number of hydrogen-bond donors (Lipinski definition) is 0. The Bertz CT molecular complexity index is 565. The molecule has 0 aromatic carbocycles. The monoisotopic (exact) mass is 295 g/mol. The molecule has 0 spiro atoms. The average Bonchev–Trinajstić information content (AvgIpc) is 2.86. The lowest BCUT2D eigenvalue weighted by atomic mass is 10.3. The molecule has 19 heavy (non-hydrogen) atoms. The zero-order chi connectivity index (χ0) is 13.2. The number of anilines is 1. The van der Waals surface area contributed by atoms with Gasteiger partial charge in [0.2, 0.25) is 5.95 Å². The Hall–Kier alpha value is -1.24. The molecule has 0 amide bonds. The van der Waals surface area contributed by atoms with Gasteiger partial charge in [0.15, 0.2) is 5.82 Å². The summed E-state index contributed by atoms with van der Waals surface area (Å²) in [6, 6.07) is 1.88. The summed E-state index contributed by atoms with van der Waals surface area (Å²) < 4.78 is 0. The lowest BCUT2D eigenvalue weighted by Gasteiger charge is -2.32. The minimum absolute atomic E-state index is 0.695. The molecule has 0 radical (unpaired) electrons. The van der Waals surface area contributed by atoms with Gasteiger partial charge in [0, 0.05) is 31.6 Å². The summed E-state index contributed by atoms with van der Waals surface area (Å²) in [6.45, 7) is 3.97. The van der Waals surface area contributed by atoms with Gasteiger partial charge in [0.1, 0.15) is 6.33 Å². The third-order valence-electron chi connectivity index (χ3n) is 3.13. The summed E-state index contributed by atoms with van der Waals surface area (Å²) in [5, 5.41) is 2.61. The SMILES string of the molecule is CN1CCN(c2ncnc(-c3cc(Cl)cs3)n2)CC1. The number of nitrogens with zero attached hydrogens (tertiary/aromatic N) is 5. The van der Waals surface area contributed by atoms with Gasteiger partial charge in [-0.25, -0.2) is 9.97 Å². The third-order valence-corrected chi connectivity index (χ3v) is 4.41. The molecule has 1 fully saturated rings. The Morgan fingerprint density at radius 1 is 1.21 bits per heavy atom. The highest BCUT2D eigenvalue weighted by Crippen LogP contribution is 2.27. The largest absolute Gasteiger partial charge is 0.338 e. The van der Waals surface area contributed by atoms with Crippen molar-refractivity contribution in [1.29, 1.82) is 0 Å². The van der Waals surface area contributed by atoms with Gasteiger partial charge in [0.25, 0.3) is 0 Å². The molecule has 3 rings (SSSR count). The molecule has 3 heterocycles. The van der Waals surface area contributed by atoms with Crippen LogP contribution in [0.2, 0.25) is 5.02 Å². The fourth-order valence-corrected chi connectivity index (χ4v) is 3.01. The van der Waals surface area contributed by atoms with E-state index in [0.29, 0.717) is 5.82 Å². The van der Waals surface area contributed by atoms with Gasteiger partial charge in [-0.15, -0.1) is 11.3 Å². The molecule has 7 heteroatoms. The van der Waals surface area contributed by atoms with Gasteiger partial charge in [-0.05, 0) is 13.1 Å². The van der Waals surface area contributed by atoms with E-state index in [2.05, 4.69) is 31.8 Å². The van der Waals surface area contributed by atoms with Crippen molar-refractivity contribution in [3.05, 3.63) is 22.8 Å². The Labute approximate surface area is 120 Å². The number of rotatable bonds is 2. The fourth-order valence-electron chi connectivity index (χ4n) is 2.00. The fraction of sp³-hybridized carbons (Fsp3) is 0.417. The predicted molar refractivity (Wildman–Crippen MR) is 77.9 cm³/mol. The number of aromatic nitrogens is 3. The van der Waals surface area contributed by atoms with Crippen LogP contribution in [0.15, 0.2) is 17.8 Å². The van der Waals surface area contributed by atoms with Gasteiger partial charge in [-0.2, -0.15) is 4.98 Å². The van der Waals surface area contributed by atoms with E-state index in [9.17, 15) is 0 Å². The maximum Gasteiger partial charge on any atom is 0.229 e. The van der Waals surface area contributed by atoms with Crippen molar-refractivity contribution in [2.24, 2.45) is 0 Å². The lowest BCUT2D eigenvalue weighted by molar-refractivity contribution is 0.311. The summed E-state index contributed by atoms with van der Waals surface area (Å²) in [5.41, 5.74) is 0. The van der Waals surface area contributed by atoms with Crippen molar-refractivity contribution in [2.45, 2.75) is 0 Å². The molecule has 2 aromatic rings. The number of likely N-dealkylation sites (N-methyl/N-ethyl adjacent to an activating group) is 1. The summed E-state index contributed by atoms with van der Waals surface area (Å²) in [4.78, 5) is 18.5. The summed E-state index contributed by atoms with van der Waals surface area (Å²) in [7, 11) is 2.13. The zero-order valence-corrected chi connectivity index (χ0v) is 12.2. The number of halogens is 1. The van der Waals surface area contributed by atoms with Crippen molar-refractivity contribution in [3.8, 4) is 10.7 Å². The number of thiophene rings is 1. The van der Waals surface area contributed by atoms with Gasteiger partial charge < -0.3 is 9.80 Å². The van der Waals surface area contributed by atoms with Crippen LogP contribution in [-0.2, 0) is 0 Å². The van der Waals surface area contributed by atoms with E-state index in [0.717, 1.165) is 42.0 Å². The second kappa shape index (κ2) is 5.40. The highest BCUT2D eigenvalue weighted by Gasteiger charge is 2.17. The van der Waals surface area contributed by atoms with Crippen molar-refractivity contribution in [2.75, 3.05) is 38.1 Å². The van der Waals surface area contributed by atoms with E-state index in [1.165, 1.54) is 0 Å². The van der Waals surface area contributed by atoms with Crippen molar-refractivity contribution < 1.29 is 0 Å². The molecule has 0 aliphatic carbocycles. The van der Waals surface area contributed by atoms with E-state index < -0.39 is 0 Å². The van der Waals surface area contributed by atoms with E-state index in [4.69, 9.17) is 11.6 Å². The molecule has 1 saturated heterocycles. The number of piperazine rings is 1. The maximum atomic E-state index is 5.94. The highest BCUT2D eigenvalue weighted by molar-refractivity contribution is 7.14. The minimum atomic E-state index is 0.695. The highest BCUT2D eigenvalue weighted by atomic mass is 35.5. The smallest absolute Gasteiger partial charge is 0.229 e. The molecule has 0 bridgehead atoms. The van der Waals surface area contributed by atoms with Crippen LogP contribution < -0.4 is 4.90 Å². The first-order valence-corrected chi connectivity index (χ1v) is 7.35. The van der Waals surface area contributed by atoms with Crippen LogP contribution >= 0.6 is 22.9 Å². The second-order valence-corrected chi connectivity index (χ2v) is 5.88. The van der Waals surface area contributed by atoms with Crippen LogP contribution in [0.3, 0.4) is 0 Å². The Morgan fingerprint density at radius 3 is 2.68 bits per heavy atom. The van der Waals surface area contributed by atoms with Crippen molar-refractivity contribution in [1.82, 2.24) is 19.9 Å². The van der Waals surface area contributed by atoms with E-state index >= 15 is 0 Å².